The summed E-state index contributed by atoms with van der Waals surface area (Å²) in [4.78, 5) is 12.4. The zero-order chi connectivity index (χ0) is 11.4. The molecule has 1 unspecified atom stereocenters. The largest absolute Gasteiger partial charge is 0.350 e. The van der Waals surface area contributed by atoms with Gasteiger partial charge in [0.05, 0.1) is 8.66 Å². The zero-order valence-corrected chi connectivity index (χ0v) is 13.1. The summed E-state index contributed by atoms with van der Waals surface area (Å²) in [6.07, 6.45) is 2.04. The van der Waals surface area contributed by atoms with Crippen molar-refractivity contribution in [3.05, 3.63) is 19.2 Å². The average Bonchev–Trinajstić information content (AvgIpc) is 2.55. The van der Waals surface area contributed by atoms with Crippen molar-refractivity contribution in [1.29, 1.82) is 0 Å². The summed E-state index contributed by atoms with van der Waals surface area (Å²) in [5.74, 6) is -0.00713. The number of amides is 1. The van der Waals surface area contributed by atoms with E-state index in [-0.39, 0.29) is 5.91 Å². The van der Waals surface area contributed by atoms with E-state index in [0.29, 0.717) is 11.8 Å². The molecule has 6 heteroatoms. The molecule has 84 valence electrons. The van der Waals surface area contributed by atoms with Crippen LogP contribution in [0.1, 0.15) is 16.6 Å². The van der Waals surface area contributed by atoms with E-state index in [1.807, 2.05) is 12.3 Å². The summed E-state index contributed by atoms with van der Waals surface area (Å²) < 4.78 is 1.88. The molecule has 0 bridgehead atoms. The van der Waals surface area contributed by atoms with Gasteiger partial charge in [-0.1, -0.05) is 6.92 Å². The smallest absolute Gasteiger partial charge is 0.261 e. The fraction of sp³-hybridized carbons (Fsp3) is 0.444. The van der Waals surface area contributed by atoms with Crippen molar-refractivity contribution < 1.29 is 4.79 Å². The van der Waals surface area contributed by atoms with Crippen molar-refractivity contribution in [2.75, 3.05) is 12.8 Å². The van der Waals surface area contributed by atoms with Gasteiger partial charge in [-0.15, -0.1) is 11.3 Å². The van der Waals surface area contributed by atoms with Crippen molar-refractivity contribution in [1.82, 2.24) is 5.32 Å². The Balaban J connectivity index is 2.54. The van der Waals surface area contributed by atoms with Crippen LogP contribution in [0, 0.1) is 0 Å². The summed E-state index contributed by atoms with van der Waals surface area (Å²) in [6.45, 7) is 2.79. The van der Waals surface area contributed by atoms with Gasteiger partial charge in [-0.05, 0) is 44.2 Å². The lowest BCUT2D eigenvalue weighted by Gasteiger charge is -2.08. The second-order valence-corrected chi connectivity index (χ2v) is 7.49. The fourth-order valence-electron chi connectivity index (χ4n) is 0.865. The van der Waals surface area contributed by atoms with Gasteiger partial charge in [0.1, 0.15) is 0 Å². The summed E-state index contributed by atoms with van der Waals surface area (Å²) in [5, 5.41) is 3.34. The van der Waals surface area contributed by atoms with Crippen LogP contribution in [0.4, 0.5) is 0 Å². The first-order valence-corrected chi connectivity index (χ1v) is 7.99. The Morgan fingerprint density at radius 1 is 1.67 bits per heavy atom. The molecule has 2 nitrogen and oxygen atoms in total. The molecular weight excluding hydrogens is 362 g/mol. The molecule has 0 aliphatic carbocycles. The predicted molar refractivity (Wildman–Crippen MR) is 75.0 cm³/mol. The molecule has 1 aromatic rings. The molecule has 0 saturated carbocycles. The van der Waals surface area contributed by atoms with Gasteiger partial charge >= 0.3 is 0 Å². The molecule has 0 aliphatic heterocycles. The van der Waals surface area contributed by atoms with Gasteiger partial charge in [-0.25, -0.2) is 0 Å². The van der Waals surface area contributed by atoms with Crippen LogP contribution in [0.2, 0.25) is 0 Å². The van der Waals surface area contributed by atoms with Crippen molar-refractivity contribution in [2.45, 2.75) is 12.2 Å². The predicted octanol–water partition coefficient (Wildman–Crippen LogP) is 3.75. The Morgan fingerprint density at radius 2 is 2.33 bits per heavy atom. The topological polar surface area (TPSA) is 29.1 Å². The highest BCUT2D eigenvalue weighted by atomic mass is 79.9. The van der Waals surface area contributed by atoms with E-state index in [2.05, 4.69) is 44.1 Å². The molecule has 0 aromatic carbocycles. The second kappa shape index (κ2) is 6.27. The standard InChI is InChI=1S/C9H11Br2NOS2/c1-5(14-2)4-12-9(13)7-3-6(10)8(11)15-7/h3,5H,4H2,1-2H3,(H,12,13). The molecule has 1 aromatic heterocycles. The van der Waals surface area contributed by atoms with E-state index in [9.17, 15) is 4.79 Å². The molecule has 1 amide bonds. The Morgan fingerprint density at radius 3 is 2.80 bits per heavy atom. The van der Waals surface area contributed by atoms with Crippen molar-refractivity contribution in [2.24, 2.45) is 0 Å². The molecule has 1 N–H and O–H groups in total. The average molecular weight is 373 g/mol. The number of hydrogen-bond donors (Lipinski definition) is 1. The summed E-state index contributed by atoms with van der Waals surface area (Å²) in [7, 11) is 0. The zero-order valence-electron chi connectivity index (χ0n) is 8.34. The van der Waals surface area contributed by atoms with Crippen molar-refractivity contribution in [3.63, 3.8) is 0 Å². The van der Waals surface area contributed by atoms with E-state index in [0.717, 1.165) is 13.1 Å². The lowest BCUT2D eigenvalue weighted by Crippen LogP contribution is -2.28. The van der Waals surface area contributed by atoms with Gasteiger partial charge in [-0.3, -0.25) is 4.79 Å². The van der Waals surface area contributed by atoms with Crippen LogP contribution >= 0.6 is 55.0 Å². The van der Waals surface area contributed by atoms with Gasteiger partial charge in [-0.2, -0.15) is 11.8 Å². The van der Waals surface area contributed by atoms with E-state index < -0.39 is 0 Å². The molecule has 1 atom stereocenters. The van der Waals surface area contributed by atoms with Crippen LogP contribution in [-0.4, -0.2) is 24.0 Å². The summed E-state index contributed by atoms with van der Waals surface area (Å²) in [5.41, 5.74) is 0. The minimum Gasteiger partial charge on any atom is -0.350 e. The Kier molecular flexibility index (Phi) is 5.66. The van der Waals surface area contributed by atoms with Crippen LogP contribution < -0.4 is 5.32 Å². The monoisotopic (exact) mass is 371 g/mol. The van der Waals surface area contributed by atoms with E-state index >= 15 is 0 Å². The number of nitrogens with one attached hydrogen (secondary N) is 1. The maximum absolute atomic E-state index is 11.7. The molecule has 0 fully saturated rings. The third-order valence-corrected chi connectivity index (χ3v) is 6.05. The Bertz CT molecular complexity index is 334. The number of thioether (sulfide) groups is 1. The maximum Gasteiger partial charge on any atom is 0.261 e. The summed E-state index contributed by atoms with van der Waals surface area (Å²) >= 11 is 9.90. The van der Waals surface area contributed by atoms with Crippen molar-refractivity contribution in [3.8, 4) is 0 Å². The molecule has 0 spiro atoms. The SMILES string of the molecule is CSC(C)CNC(=O)c1cc(Br)c(Br)s1. The van der Waals surface area contributed by atoms with Crippen LogP contribution in [0.3, 0.4) is 0 Å². The molecule has 1 heterocycles. The lowest BCUT2D eigenvalue weighted by molar-refractivity contribution is 0.0958. The number of rotatable bonds is 4. The van der Waals surface area contributed by atoms with E-state index in [4.69, 9.17) is 0 Å². The summed E-state index contributed by atoms with van der Waals surface area (Å²) in [6, 6.07) is 1.83. The molecular formula is C9H11Br2NOS2. The Labute approximate surface area is 114 Å². The van der Waals surface area contributed by atoms with Crippen molar-refractivity contribution >= 4 is 60.9 Å². The number of thiophene rings is 1. The molecule has 1 rings (SSSR count). The maximum atomic E-state index is 11.7. The minimum absolute atomic E-state index is 0.00713. The Hall–Kier alpha value is 0.480. The van der Waals surface area contributed by atoms with Gasteiger partial charge in [0.15, 0.2) is 0 Å². The lowest BCUT2D eigenvalue weighted by atomic mass is 10.4. The molecule has 15 heavy (non-hydrogen) atoms. The third kappa shape index (κ3) is 4.09. The number of halogens is 2. The van der Waals surface area contributed by atoms with Gasteiger partial charge < -0.3 is 5.32 Å². The van der Waals surface area contributed by atoms with Crippen LogP contribution in [0.25, 0.3) is 0 Å². The minimum atomic E-state index is -0.00713. The molecule has 0 radical (unpaired) electrons. The number of carbonyl (C=O) groups excluding carboxylic acids is 1. The third-order valence-electron chi connectivity index (χ3n) is 1.82. The molecule has 0 aliphatic rings. The molecule has 0 saturated heterocycles. The number of hydrogen-bond acceptors (Lipinski definition) is 3. The van der Waals surface area contributed by atoms with Gasteiger partial charge in [0.25, 0.3) is 5.91 Å². The second-order valence-electron chi connectivity index (χ2n) is 2.99. The first-order valence-electron chi connectivity index (χ1n) is 4.30. The fourth-order valence-corrected chi connectivity index (χ4v) is 3.07. The van der Waals surface area contributed by atoms with E-state index in [1.165, 1.54) is 11.3 Å². The highest BCUT2D eigenvalue weighted by Crippen LogP contribution is 2.32. The first kappa shape index (κ1) is 13.5. The first-order chi connectivity index (χ1) is 7.04. The van der Waals surface area contributed by atoms with Gasteiger partial charge in [0, 0.05) is 16.3 Å². The van der Waals surface area contributed by atoms with E-state index in [1.54, 1.807) is 11.8 Å². The van der Waals surface area contributed by atoms with Gasteiger partial charge in [0.2, 0.25) is 0 Å². The van der Waals surface area contributed by atoms with Crippen LogP contribution in [-0.2, 0) is 0 Å². The quantitative estimate of drug-likeness (QED) is 0.871. The normalized spacial score (nSPS) is 12.5. The number of carbonyl (C=O) groups is 1. The van der Waals surface area contributed by atoms with Crippen LogP contribution in [0.5, 0.6) is 0 Å². The highest BCUT2D eigenvalue weighted by Gasteiger charge is 2.12. The van der Waals surface area contributed by atoms with Crippen LogP contribution in [0.15, 0.2) is 14.3 Å². The highest BCUT2D eigenvalue weighted by molar-refractivity contribution is 9.13.